The van der Waals surface area contributed by atoms with Gasteiger partial charge in [0.1, 0.15) is 12.6 Å². The van der Waals surface area contributed by atoms with Gasteiger partial charge in [-0.3, -0.25) is 13.9 Å². The predicted octanol–water partition coefficient (Wildman–Crippen LogP) is 4.07. The summed E-state index contributed by atoms with van der Waals surface area (Å²) in [5.74, 6) is -1.22. The molecule has 0 aliphatic carbocycles. The van der Waals surface area contributed by atoms with Gasteiger partial charge < -0.3 is 10.2 Å². The predicted molar refractivity (Wildman–Crippen MR) is 128 cm³/mol. The molecule has 1 N–H and O–H groups in total. The molecule has 0 saturated carbocycles. The Morgan fingerprint density at radius 3 is 2.34 bits per heavy atom. The number of rotatable bonds is 10. The van der Waals surface area contributed by atoms with Crippen molar-refractivity contribution in [2.24, 2.45) is 0 Å². The highest BCUT2D eigenvalue weighted by molar-refractivity contribution is 7.92. The van der Waals surface area contributed by atoms with Crippen molar-refractivity contribution in [1.82, 2.24) is 10.2 Å². The molecule has 2 aromatic carbocycles. The lowest BCUT2D eigenvalue weighted by Gasteiger charge is -2.31. The molecule has 0 saturated heterocycles. The third kappa shape index (κ3) is 8.14. The number of nitrogens with one attached hydrogen (secondary N) is 1. The number of halogens is 4. The Bertz CT molecular complexity index is 1160. The minimum Gasteiger partial charge on any atom is -0.354 e. The molecule has 0 aromatic heterocycles. The molecule has 2 amide bonds. The Morgan fingerprint density at radius 1 is 1.11 bits per heavy atom. The largest absolute Gasteiger partial charge is 0.416 e. The van der Waals surface area contributed by atoms with Crippen molar-refractivity contribution in [3.05, 3.63) is 64.7 Å². The number of hydrogen-bond donors (Lipinski definition) is 1. The van der Waals surface area contributed by atoms with Gasteiger partial charge in [-0.25, -0.2) is 8.42 Å². The van der Waals surface area contributed by atoms with E-state index in [0.717, 1.165) is 18.4 Å². The van der Waals surface area contributed by atoms with Crippen molar-refractivity contribution < 1.29 is 31.2 Å². The normalized spacial score (nSPS) is 12.7. The first kappa shape index (κ1) is 28.4. The summed E-state index contributed by atoms with van der Waals surface area (Å²) < 4.78 is 65.1. The Morgan fingerprint density at radius 2 is 1.77 bits per heavy atom. The minimum absolute atomic E-state index is 0.0691. The number of carbonyl (C=O) groups excluding carboxylic acids is 2. The van der Waals surface area contributed by atoms with Crippen molar-refractivity contribution in [2.45, 2.75) is 39.0 Å². The number of carbonyl (C=O) groups is 2. The van der Waals surface area contributed by atoms with Crippen molar-refractivity contribution in [3.63, 3.8) is 0 Å². The highest BCUT2D eigenvalue weighted by atomic mass is 35.5. The molecular weight excluding hydrogens is 507 g/mol. The summed E-state index contributed by atoms with van der Waals surface area (Å²) in [5, 5.41) is 3.09. The fourth-order valence-corrected chi connectivity index (χ4v) is 4.32. The molecule has 0 heterocycles. The van der Waals surface area contributed by atoms with Crippen molar-refractivity contribution in [1.29, 1.82) is 0 Å². The number of benzene rings is 2. The molecule has 7 nitrogen and oxygen atoms in total. The van der Waals surface area contributed by atoms with Gasteiger partial charge in [-0.2, -0.15) is 13.2 Å². The van der Waals surface area contributed by atoms with Crippen LogP contribution in [0.15, 0.2) is 48.5 Å². The molecule has 192 valence electrons. The number of amides is 2. The number of hydrogen-bond acceptors (Lipinski definition) is 4. The summed E-state index contributed by atoms with van der Waals surface area (Å²) in [7, 11) is -4.15. The molecule has 0 aliphatic heterocycles. The summed E-state index contributed by atoms with van der Waals surface area (Å²) >= 11 is 6.03. The van der Waals surface area contributed by atoms with Gasteiger partial charge in [-0.15, -0.1) is 0 Å². The van der Waals surface area contributed by atoms with E-state index in [4.69, 9.17) is 11.6 Å². The summed E-state index contributed by atoms with van der Waals surface area (Å²) in [6.07, 6.45) is -3.25. The first-order chi connectivity index (χ1) is 16.2. The Labute approximate surface area is 207 Å². The molecule has 0 fully saturated rings. The number of sulfonamides is 1. The maximum Gasteiger partial charge on any atom is 0.416 e. The maximum atomic E-state index is 13.3. The zero-order chi connectivity index (χ0) is 26.4. The third-order valence-electron chi connectivity index (χ3n) is 5.10. The van der Waals surface area contributed by atoms with E-state index in [1.807, 2.05) is 6.92 Å². The van der Waals surface area contributed by atoms with Crippen molar-refractivity contribution in [3.8, 4) is 0 Å². The zero-order valence-electron chi connectivity index (χ0n) is 19.5. The first-order valence-electron chi connectivity index (χ1n) is 10.7. The summed E-state index contributed by atoms with van der Waals surface area (Å²) in [6.45, 7) is 2.86. The van der Waals surface area contributed by atoms with Crippen LogP contribution < -0.4 is 9.62 Å². The van der Waals surface area contributed by atoms with E-state index in [0.29, 0.717) is 33.9 Å². The summed E-state index contributed by atoms with van der Waals surface area (Å²) in [4.78, 5) is 27.1. The first-order valence-corrected chi connectivity index (χ1v) is 12.9. The fraction of sp³-hybridized carbons (Fsp3) is 0.391. The molecular formula is C23H27ClF3N3O4S. The highest BCUT2D eigenvalue weighted by Gasteiger charge is 2.33. The maximum absolute atomic E-state index is 13.3. The lowest BCUT2D eigenvalue weighted by Crippen LogP contribution is -2.51. The van der Waals surface area contributed by atoms with Crippen molar-refractivity contribution >= 4 is 39.1 Å². The van der Waals surface area contributed by atoms with Crippen LogP contribution in [0.4, 0.5) is 18.9 Å². The fourth-order valence-electron chi connectivity index (χ4n) is 3.26. The van der Waals surface area contributed by atoms with Crippen LogP contribution in [0.1, 0.15) is 31.4 Å². The van der Waals surface area contributed by atoms with E-state index in [1.165, 1.54) is 17.9 Å². The zero-order valence-corrected chi connectivity index (χ0v) is 21.0. The lowest BCUT2D eigenvalue weighted by atomic mass is 10.1. The number of alkyl halides is 3. The molecule has 2 aromatic rings. The smallest absolute Gasteiger partial charge is 0.354 e. The molecule has 35 heavy (non-hydrogen) atoms. The van der Waals surface area contributed by atoms with Gasteiger partial charge in [0, 0.05) is 18.1 Å². The average Bonchev–Trinajstić information content (AvgIpc) is 2.77. The molecule has 0 spiro atoms. The van der Waals surface area contributed by atoms with E-state index < -0.39 is 46.2 Å². The van der Waals surface area contributed by atoms with Crippen molar-refractivity contribution in [2.75, 3.05) is 23.7 Å². The summed E-state index contributed by atoms with van der Waals surface area (Å²) in [6, 6.07) is 9.28. The molecule has 12 heteroatoms. The van der Waals surface area contributed by atoms with Crippen LogP contribution in [0.3, 0.4) is 0 Å². The van der Waals surface area contributed by atoms with Crippen LogP contribution >= 0.6 is 11.6 Å². The third-order valence-corrected chi connectivity index (χ3v) is 6.47. The quantitative estimate of drug-likeness (QED) is 0.499. The number of anilines is 1. The molecule has 1 atom stereocenters. The molecule has 0 radical (unpaired) electrons. The van der Waals surface area contributed by atoms with Crippen LogP contribution in [0.5, 0.6) is 0 Å². The van der Waals surface area contributed by atoms with Crippen LogP contribution in [-0.4, -0.2) is 50.5 Å². The topological polar surface area (TPSA) is 86.8 Å². The van der Waals surface area contributed by atoms with Crippen LogP contribution in [-0.2, 0) is 32.3 Å². The standard InChI is InChI=1S/C23H27ClF3N3O4S/c1-4-11-28-22(32)16(2)29(14-17-7-5-9-19(24)12-17)21(31)15-30(35(3,33)34)20-10-6-8-18(13-20)23(25,26)27/h5-10,12-13,16H,4,11,14-15H2,1-3H3,(H,28,32)/t16-/m1/s1. The second kappa shape index (κ2) is 11.8. The van der Waals surface area contributed by atoms with Gasteiger partial charge in [0.05, 0.1) is 17.5 Å². The van der Waals surface area contributed by atoms with Crippen LogP contribution in [0, 0.1) is 0 Å². The average molecular weight is 534 g/mol. The Kier molecular flexibility index (Phi) is 9.56. The van der Waals surface area contributed by atoms with E-state index in [1.54, 1.807) is 24.3 Å². The molecule has 2 rings (SSSR count). The van der Waals surface area contributed by atoms with E-state index in [-0.39, 0.29) is 12.2 Å². The van der Waals surface area contributed by atoms with E-state index >= 15 is 0 Å². The SMILES string of the molecule is CCCNC(=O)[C@@H](C)N(Cc1cccc(Cl)c1)C(=O)CN(c1cccc(C(F)(F)F)c1)S(C)(=O)=O. The van der Waals surface area contributed by atoms with Crippen LogP contribution in [0.2, 0.25) is 5.02 Å². The minimum atomic E-state index is -4.70. The number of nitrogens with zero attached hydrogens (tertiary/aromatic N) is 2. The van der Waals surface area contributed by atoms with Gasteiger partial charge in [0.15, 0.2) is 0 Å². The molecule has 0 aliphatic rings. The molecule has 0 unspecified atom stereocenters. The Balaban J connectivity index is 2.43. The van der Waals surface area contributed by atoms with E-state index in [9.17, 15) is 31.2 Å². The van der Waals surface area contributed by atoms with Gasteiger partial charge in [0.2, 0.25) is 21.8 Å². The Hall–Kier alpha value is -2.79. The van der Waals surface area contributed by atoms with Crippen LogP contribution in [0.25, 0.3) is 0 Å². The van der Waals surface area contributed by atoms with Gasteiger partial charge in [-0.1, -0.05) is 36.7 Å². The lowest BCUT2D eigenvalue weighted by molar-refractivity contribution is -0.139. The van der Waals surface area contributed by atoms with Gasteiger partial charge in [0.25, 0.3) is 0 Å². The highest BCUT2D eigenvalue weighted by Crippen LogP contribution is 2.32. The monoisotopic (exact) mass is 533 g/mol. The van der Waals surface area contributed by atoms with Gasteiger partial charge >= 0.3 is 6.18 Å². The molecule has 0 bridgehead atoms. The van der Waals surface area contributed by atoms with Gasteiger partial charge in [-0.05, 0) is 49.2 Å². The second-order valence-electron chi connectivity index (χ2n) is 7.94. The second-order valence-corrected chi connectivity index (χ2v) is 10.3. The summed E-state index contributed by atoms with van der Waals surface area (Å²) in [5.41, 5.74) is -0.786. The van der Waals surface area contributed by atoms with E-state index in [2.05, 4.69) is 5.32 Å².